The molecule has 0 saturated carbocycles. The highest BCUT2D eigenvalue weighted by Gasteiger charge is 2.32. The number of nitrogens with one attached hydrogen (secondary N) is 1. The van der Waals surface area contributed by atoms with Crippen molar-refractivity contribution in [2.75, 3.05) is 39.2 Å². The Morgan fingerprint density at radius 3 is 2.71 bits per heavy atom. The first-order valence-corrected chi connectivity index (χ1v) is 7.29. The molecule has 2 rings (SSSR count). The molecule has 0 unspecified atom stereocenters. The van der Waals surface area contributed by atoms with Gasteiger partial charge in [-0.15, -0.1) is 0 Å². The van der Waals surface area contributed by atoms with E-state index in [9.17, 15) is 9.90 Å². The van der Waals surface area contributed by atoms with Crippen molar-refractivity contribution < 1.29 is 14.6 Å². The summed E-state index contributed by atoms with van der Waals surface area (Å²) in [5.74, 6) is -0.0806. The number of likely N-dealkylation sites (N-methyl/N-ethyl adjacent to an activating group) is 1. The molecule has 1 aromatic carbocycles. The fourth-order valence-electron chi connectivity index (χ4n) is 2.68. The molecule has 21 heavy (non-hydrogen) atoms. The molecule has 0 spiro atoms. The van der Waals surface area contributed by atoms with Gasteiger partial charge in [0.15, 0.2) is 0 Å². The third kappa shape index (κ3) is 3.74. The van der Waals surface area contributed by atoms with Gasteiger partial charge in [-0.2, -0.15) is 0 Å². The quantitative estimate of drug-likeness (QED) is 0.886. The van der Waals surface area contributed by atoms with Gasteiger partial charge in [-0.05, 0) is 19.1 Å². The summed E-state index contributed by atoms with van der Waals surface area (Å²) in [6, 6.07) is 5.74. The van der Waals surface area contributed by atoms with Crippen molar-refractivity contribution in [3.8, 4) is 0 Å². The van der Waals surface area contributed by atoms with E-state index in [4.69, 9.17) is 4.74 Å². The average Bonchev–Trinajstić information content (AvgIpc) is 2.46. The lowest BCUT2D eigenvalue weighted by atomic mass is 9.93. The van der Waals surface area contributed by atoms with Gasteiger partial charge < -0.3 is 20.1 Å². The molecular formula is C16H24N2O3. The number of carbonyl (C=O) groups excluding carboxylic acids is 1. The molecule has 1 amide bonds. The van der Waals surface area contributed by atoms with Crippen LogP contribution in [-0.2, 0) is 4.74 Å². The number of anilines is 1. The Bertz CT molecular complexity index is 510. The zero-order valence-corrected chi connectivity index (χ0v) is 13.0. The first-order chi connectivity index (χ1) is 9.95. The number of nitrogens with zero attached hydrogens (tertiary/aromatic N) is 1. The molecule has 116 valence electrons. The zero-order valence-electron chi connectivity index (χ0n) is 13.0. The number of hydrogen-bond acceptors (Lipinski definition) is 4. The molecule has 1 aromatic rings. The molecule has 0 aromatic heterocycles. The predicted octanol–water partition coefficient (Wildman–Crippen LogP) is 1.65. The SMILES string of the molecule is CNc1ccc(C)cc1C(=O)N(C)CC1(O)CCOCC1. The maximum absolute atomic E-state index is 12.6. The molecule has 0 atom stereocenters. The van der Waals surface area contributed by atoms with E-state index in [1.54, 1.807) is 19.0 Å². The summed E-state index contributed by atoms with van der Waals surface area (Å²) in [4.78, 5) is 14.2. The second kappa shape index (κ2) is 6.45. The number of rotatable bonds is 4. The number of hydrogen-bond donors (Lipinski definition) is 2. The van der Waals surface area contributed by atoms with Crippen molar-refractivity contribution >= 4 is 11.6 Å². The lowest BCUT2D eigenvalue weighted by Gasteiger charge is -2.35. The molecule has 5 heteroatoms. The first-order valence-electron chi connectivity index (χ1n) is 7.29. The molecule has 1 aliphatic heterocycles. The van der Waals surface area contributed by atoms with Gasteiger partial charge in [0.25, 0.3) is 5.91 Å². The Labute approximate surface area is 125 Å². The fourth-order valence-corrected chi connectivity index (χ4v) is 2.68. The van der Waals surface area contributed by atoms with Crippen LogP contribution in [0.4, 0.5) is 5.69 Å². The van der Waals surface area contributed by atoms with Crippen LogP contribution in [0, 0.1) is 6.92 Å². The lowest BCUT2D eigenvalue weighted by molar-refractivity contribution is -0.0734. The summed E-state index contributed by atoms with van der Waals surface area (Å²) in [6.45, 7) is 3.38. The largest absolute Gasteiger partial charge is 0.388 e. The van der Waals surface area contributed by atoms with Gasteiger partial charge in [-0.1, -0.05) is 11.6 Å². The topological polar surface area (TPSA) is 61.8 Å². The highest BCUT2D eigenvalue weighted by atomic mass is 16.5. The van der Waals surface area contributed by atoms with E-state index in [-0.39, 0.29) is 5.91 Å². The van der Waals surface area contributed by atoms with Gasteiger partial charge in [-0.25, -0.2) is 0 Å². The van der Waals surface area contributed by atoms with Gasteiger partial charge in [-0.3, -0.25) is 4.79 Å². The molecule has 1 aliphatic rings. The molecule has 1 saturated heterocycles. The minimum atomic E-state index is -0.841. The monoisotopic (exact) mass is 292 g/mol. The van der Waals surface area contributed by atoms with E-state index < -0.39 is 5.60 Å². The van der Waals surface area contributed by atoms with Gasteiger partial charge >= 0.3 is 0 Å². The third-order valence-electron chi connectivity index (χ3n) is 3.98. The van der Waals surface area contributed by atoms with E-state index in [1.165, 1.54) is 0 Å². The van der Waals surface area contributed by atoms with E-state index in [1.807, 2.05) is 25.1 Å². The molecule has 1 fully saturated rings. The maximum Gasteiger partial charge on any atom is 0.255 e. The highest BCUT2D eigenvalue weighted by Crippen LogP contribution is 2.24. The van der Waals surface area contributed by atoms with E-state index in [0.29, 0.717) is 38.2 Å². The van der Waals surface area contributed by atoms with Crippen molar-refractivity contribution in [3.63, 3.8) is 0 Å². The number of benzene rings is 1. The molecule has 0 aliphatic carbocycles. The number of ether oxygens (including phenoxy) is 1. The molecular weight excluding hydrogens is 268 g/mol. The molecule has 2 N–H and O–H groups in total. The van der Waals surface area contributed by atoms with Gasteiger partial charge in [0.1, 0.15) is 0 Å². The number of amides is 1. The fraction of sp³-hybridized carbons (Fsp3) is 0.562. The Balaban J connectivity index is 2.13. The van der Waals surface area contributed by atoms with Crippen LogP contribution in [0.3, 0.4) is 0 Å². The lowest BCUT2D eigenvalue weighted by Crippen LogP contribution is -2.47. The normalized spacial score (nSPS) is 17.3. The van der Waals surface area contributed by atoms with Crippen LogP contribution in [0.5, 0.6) is 0 Å². The van der Waals surface area contributed by atoms with Crippen LogP contribution in [0.2, 0.25) is 0 Å². The Hall–Kier alpha value is -1.59. The summed E-state index contributed by atoms with van der Waals surface area (Å²) in [7, 11) is 3.53. The van der Waals surface area contributed by atoms with Crippen LogP contribution < -0.4 is 5.32 Å². The predicted molar refractivity (Wildman–Crippen MR) is 82.7 cm³/mol. The highest BCUT2D eigenvalue weighted by molar-refractivity contribution is 5.99. The van der Waals surface area contributed by atoms with Crippen LogP contribution >= 0.6 is 0 Å². The molecule has 5 nitrogen and oxygen atoms in total. The first kappa shape index (κ1) is 15.8. The maximum atomic E-state index is 12.6. The van der Waals surface area contributed by atoms with Crippen molar-refractivity contribution in [1.29, 1.82) is 0 Å². The smallest absolute Gasteiger partial charge is 0.255 e. The Morgan fingerprint density at radius 2 is 2.10 bits per heavy atom. The van der Waals surface area contributed by atoms with E-state index in [2.05, 4.69) is 5.32 Å². The minimum Gasteiger partial charge on any atom is -0.388 e. The average molecular weight is 292 g/mol. The van der Waals surface area contributed by atoms with E-state index >= 15 is 0 Å². The standard InChI is InChI=1S/C16H24N2O3/c1-12-4-5-14(17-2)13(10-12)15(19)18(3)11-16(20)6-8-21-9-7-16/h4-5,10,17,20H,6-9,11H2,1-3H3. The van der Waals surface area contributed by atoms with Gasteiger partial charge in [0.05, 0.1) is 11.2 Å². The minimum absolute atomic E-state index is 0.0806. The van der Waals surface area contributed by atoms with Crippen LogP contribution in [0.1, 0.15) is 28.8 Å². The summed E-state index contributed by atoms with van der Waals surface area (Å²) in [5.41, 5.74) is 1.63. The van der Waals surface area contributed by atoms with Crippen molar-refractivity contribution in [3.05, 3.63) is 29.3 Å². The Morgan fingerprint density at radius 1 is 1.43 bits per heavy atom. The Kier molecular flexibility index (Phi) is 4.85. The van der Waals surface area contributed by atoms with Crippen molar-refractivity contribution in [2.24, 2.45) is 0 Å². The number of aliphatic hydroxyl groups is 1. The van der Waals surface area contributed by atoms with Gasteiger partial charge in [0.2, 0.25) is 0 Å². The third-order valence-corrected chi connectivity index (χ3v) is 3.98. The summed E-state index contributed by atoms with van der Waals surface area (Å²) in [6.07, 6.45) is 1.13. The molecule has 0 radical (unpaired) electrons. The zero-order chi connectivity index (χ0) is 15.5. The number of aryl methyl sites for hydroxylation is 1. The van der Waals surface area contributed by atoms with E-state index in [0.717, 1.165) is 11.3 Å². The summed E-state index contributed by atoms with van der Waals surface area (Å²) >= 11 is 0. The van der Waals surface area contributed by atoms with Gasteiger partial charge in [0, 0.05) is 52.4 Å². The van der Waals surface area contributed by atoms with Crippen LogP contribution in [0.15, 0.2) is 18.2 Å². The van der Waals surface area contributed by atoms with Crippen LogP contribution in [-0.4, -0.2) is 55.4 Å². The second-order valence-corrected chi connectivity index (χ2v) is 5.80. The second-order valence-electron chi connectivity index (χ2n) is 5.80. The summed E-state index contributed by atoms with van der Waals surface area (Å²) in [5, 5.41) is 13.6. The summed E-state index contributed by atoms with van der Waals surface area (Å²) < 4.78 is 5.27. The van der Waals surface area contributed by atoms with Crippen molar-refractivity contribution in [2.45, 2.75) is 25.4 Å². The van der Waals surface area contributed by atoms with Crippen molar-refractivity contribution in [1.82, 2.24) is 4.90 Å². The number of carbonyl (C=O) groups is 1. The van der Waals surface area contributed by atoms with Crippen LogP contribution in [0.25, 0.3) is 0 Å². The molecule has 0 bridgehead atoms. The molecule has 1 heterocycles.